The van der Waals surface area contributed by atoms with Crippen molar-refractivity contribution in [2.45, 2.75) is 104 Å². The zero-order valence-electron chi connectivity index (χ0n) is 17.3. The number of hydrogen-bond donors (Lipinski definition) is 1. The summed E-state index contributed by atoms with van der Waals surface area (Å²) in [6.45, 7) is 4.43. The van der Waals surface area contributed by atoms with Gasteiger partial charge in [0.05, 0.1) is 5.92 Å². The maximum absolute atomic E-state index is 11.2. The molecule has 0 aromatic heterocycles. The van der Waals surface area contributed by atoms with E-state index >= 15 is 0 Å². The van der Waals surface area contributed by atoms with Gasteiger partial charge in [0.2, 0.25) is 0 Å². The average Bonchev–Trinajstić information content (AvgIpc) is 2.67. The van der Waals surface area contributed by atoms with Gasteiger partial charge in [-0.2, -0.15) is 0 Å². The predicted molar refractivity (Wildman–Crippen MR) is 114 cm³/mol. The second-order valence-electron chi connectivity index (χ2n) is 7.30. The first-order valence-electron chi connectivity index (χ1n) is 10.9. The highest BCUT2D eigenvalue weighted by Gasteiger charge is 2.15. The molecule has 1 atom stereocenters. The molecule has 0 spiro atoms. The van der Waals surface area contributed by atoms with E-state index in [1.54, 1.807) is 0 Å². The van der Waals surface area contributed by atoms with Crippen LogP contribution in [0.3, 0.4) is 0 Å². The molecule has 2 heteroatoms. The number of carboxylic acids is 1. The van der Waals surface area contributed by atoms with Crippen molar-refractivity contribution >= 4 is 5.97 Å². The second-order valence-corrected chi connectivity index (χ2v) is 7.30. The summed E-state index contributed by atoms with van der Waals surface area (Å²) in [5, 5.41) is 9.23. The van der Waals surface area contributed by atoms with Crippen LogP contribution in [-0.2, 0) is 4.79 Å². The Bertz CT molecular complexity index is 362. The van der Waals surface area contributed by atoms with E-state index in [0.717, 1.165) is 25.7 Å². The lowest BCUT2D eigenvalue weighted by molar-refractivity contribution is -0.142. The number of rotatable bonds is 15. The Morgan fingerprint density at radius 1 is 0.615 bits per heavy atom. The Kier molecular flexibility index (Phi) is 19.0. The highest BCUT2D eigenvalue weighted by molar-refractivity contribution is 5.69. The number of hydrogen-bond acceptors (Lipinski definition) is 1. The summed E-state index contributed by atoms with van der Waals surface area (Å²) in [5.41, 5.74) is 0. The maximum Gasteiger partial charge on any atom is 0.306 e. The molecule has 1 aromatic carbocycles. The molecule has 1 aromatic rings. The number of benzene rings is 1. The van der Waals surface area contributed by atoms with E-state index in [2.05, 4.69) is 13.8 Å². The number of unbranched alkanes of at least 4 members (excludes halogenated alkanes) is 10. The van der Waals surface area contributed by atoms with Crippen LogP contribution < -0.4 is 0 Å². The van der Waals surface area contributed by atoms with E-state index in [-0.39, 0.29) is 5.92 Å². The molecular weight excluding hydrogens is 320 g/mol. The maximum atomic E-state index is 11.2. The number of carbonyl (C=O) groups is 1. The van der Waals surface area contributed by atoms with Crippen LogP contribution in [0.1, 0.15) is 104 Å². The summed E-state index contributed by atoms with van der Waals surface area (Å²) < 4.78 is 0. The topological polar surface area (TPSA) is 37.3 Å². The van der Waals surface area contributed by atoms with Gasteiger partial charge in [-0.3, -0.25) is 4.79 Å². The first kappa shape index (κ1) is 24.7. The van der Waals surface area contributed by atoms with Crippen molar-refractivity contribution in [1.29, 1.82) is 0 Å². The lowest BCUT2D eigenvalue weighted by Gasteiger charge is -2.11. The van der Waals surface area contributed by atoms with Crippen LogP contribution >= 0.6 is 0 Å². The molecule has 150 valence electrons. The van der Waals surface area contributed by atoms with Crippen molar-refractivity contribution in [3.05, 3.63) is 36.4 Å². The third-order valence-corrected chi connectivity index (χ3v) is 4.83. The first-order valence-corrected chi connectivity index (χ1v) is 10.9. The summed E-state index contributed by atoms with van der Waals surface area (Å²) in [7, 11) is 0. The van der Waals surface area contributed by atoms with Crippen molar-refractivity contribution in [1.82, 2.24) is 0 Å². The lowest BCUT2D eigenvalue weighted by Crippen LogP contribution is -2.13. The Hall–Kier alpha value is -1.31. The standard InChI is InChI=1S/C18H36O2.C6H6/c1-3-5-7-9-10-11-12-14-16-17(18(19)20)15-13-8-6-4-2;1-2-4-6-5-3-1/h17H,3-16H2,1-2H3,(H,19,20);1-6H. The zero-order chi connectivity index (χ0) is 19.3. The molecule has 0 aliphatic heterocycles. The molecule has 0 fully saturated rings. The van der Waals surface area contributed by atoms with Gasteiger partial charge >= 0.3 is 5.97 Å². The molecule has 0 amide bonds. The molecule has 1 unspecified atom stereocenters. The lowest BCUT2D eigenvalue weighted by atomic mass is 9.94. The largest absolute Gasteiger partial charge is 0.481 e. The Balaban J connectivity index is 0.000000867. The van der Waals surface area contributed by atoms with Crippen LogP contribution in [0.15, 0.2) is 36.4 Å². The summed E-state index contributed by atoms with van der Waals surface area (Å²) >= 11 is 0. The second kappa shape index (κ2) is 20.0. The highest BCUT2D eigenvalue weighted by Crippen LogP contribution is 2.19. The van der Waals surface area contributed by atoms with Gasteiger partial charge in [0.25, 0.3) is 0 Å². The summed E-state index contributed by atoms with van der Waals surface area (Å²) in [5.74, 6) is -0.670. The molecule has 26 heavy (non-hydrogen) atoms. The molecule has 0 bridgehead atoms. The van der Waals surface area contributed by atoms with Crippen molar-refractivity contribution in [3.63, 3.8) is 0 Å². The minimum atomic E-state index is -0.579. The van der Waals surface area contributed by atoms with Crippen LogP contribution in [0.4, 0.5) is 0 Å². The smallest absolute Gasteiger partial charge is 0.306 e. The van der Waals surface area contributed by atoms with Gasteiger partial charge in [0.15, 0.2) is 0 Å². The molecule has 1 rings (SSSR count). The minimum Gasteiger partial charge on any atom is -0.481 e. The Labute approximate surface area is 162 Å². The fourth-order valence-corrected chi connectivity index (χ4v) is 3.12. The summed E-state index contributed by atoms with van der Waals surface area (Å²) in [6, 6.07) is 12.0. The van der Waals surface area contributed by atoms with E-state index in [0.29, 0.717) is 0 Å². The van der Waals surface area contributed by atoms with Gasteiger partial charge in [-0.05, 0) is 12.8 Å². The molecule has 0 radical (unpaired) electrons. The molecule has 1 N–H and O–H groups in total. The van der Waals surface area contributed by atoms with Crippen molar-refractivity contribution in [3.8, 4) is 0 Å². The van der Waals surface area contributed by atoms with Crippen LogP contribution in [0.5, 0.6) is 0 Å². The molecule has 0 aliphatic rings. The molecule has 0 aliphatic carbocycles. The van der Waals surface area contributed by atoms with Gasteiger partial charge in [-0.25, -0.2) is 0 Å². The average molecular weight is 363 g/mol. The van der Waals surface area contributed by atoms with E-state index < -0.39 is 5.97 Å². The van der Waals surface area contributed by atoms with Gasteiger partial charge in [0.1, 0.15) is 0 Å². The van der Waals surface area contributed by atoms with Crippen molar-refractivity contribution < 1.29 is 9.90 Å². The van der Waals surface area contributed by atoms with Crippen LogP contribution in [0.25, 0.3) is 0 Å². The fraction of sp³-hybridized carbons (Fsp3) is 0.708. The van der Waals surface area contributed by atoms with Gasteiger partial charge in [-0.1, -0.05) is 127 Å². The van der Waals surface area contributed by atoms with Crippen LogP contribution in [0.2, 0.25) is 0 Å². The van der Waals surface area contributed by atoms with Gasteiger partial charge < -0.3 is 5.11 Å². The first-order chi connectivity index (χ1) is 12.7. The summed E-state index contributed by atoms with van der Waals surface area (Å²) in [6.07, 6.45) is 16.8. The normalized spacial score (nSPS) is 11.5. The van der Waals surface area contributed by atoms with E-state index in [1.165, 1.54) is 64.2 Å². The van der Waals surface area contributed by atoms with E-state index in [1.807, 2.05) is 36.4 Å². The number of aliphatic carboxylic acids is 1. The van der Waals surface area contributed by atoms with E-state index in [4.69, 9.17) is 0 Å². The van der Waals surface area contributed by atoms with Gasteiger partial charge in [0, 0.05) is 0 Å². The third-order valence-electron chi connectivity index (χ3n) is 4.83. The van der Waals surface area contributed by atoms with Gasteiger partial charge in [-0.15, -0.1) is 0 Å². The van der Waals surface area contributed by atoms with Crippen molar-refractivity contribution in [2.75, 3.05) is 0 Å². The summed E-state index contributed by atoms with van der Waals surface area (Å²) in [4.78, 5) is 11.2. The van der Waals surface area contributed by atoms with Crippen LogP contribution in [-0.4, -0.2) is 11.1 Å². The Morgan fingerprint density at radius 3 is 1.27 bits per heavy atom. The number of carboxylic acid groups (broad SMARTS) is 1. The molecule has 0 heterocycles. The zero-order valence-corrected chi connectivity index (χ0v) is 17.3. The third kappa shape index (κ3) is 17.5. The monoisotopic (exact) mass is 362 g/mol. The van der Waals surface area contributed by atoms with E-state index in [9.17, 15) is 9.90 Å². The van der Waals surface area contributed by atoms with Crippen molar-refractivity contribution in [2.24, 2.45) is 5.92 Å². The SMILES string of the molecule is CCCCCCCCCCC(CCCCCC)C(=O)O.c1ccccc1. The molecular formula is C24H42O2. The molecule has 2 nitrogen and oxygen atoms in total. The molecule has 0 saturated heterocycles. The fourth-order valence-electron chi connectivity index (χ4n) is 3.12. The minimum absolute atomic E-state index is 0.0908. The molecule has 0 saturated carbocycles. The van der Waals surface area contributed by atoms with Crippen LogP contribution in [0, 0.1) is 5.92 Å². The predicted octanol–water partition coefficient (Wildman–Crippen LogP) is 7.88. The quantitative estimate of drug-likeness (QED) is 0.322. The highest BCUT2D eigenvalue weighted by atomic mass is 16.4. The Morgan fingerprint density at radius 2 is 0.923 bits per heavy atom.